The first-order valence-corrected chi connectivity index (χ1v) is 14.7. The lowest BCUT2D eigenvalue weighted by Gasteiger charge is -2.12. The van der Waals surface area contributed by atoms with Crippen molar-refractivity contribution in [3.63, 3.8) is 0 Å². The summed E-state index contributed by atoms with van der Waals surface area (Å²) in [6.07, 6.45) is 1.58. The lowest BCUT2D eigenvalue weighted by Crippen LogP contribution is -2.41. The van der Waals surface area contributed by atoms with Crippen LogP contribution in [0.1, 0.15) is 27.0 Å². The molecule has 4 N–H and O–H groups in total. The molecule has 5 rings (SSSR count). The van der Waals surface area contributed by atoms with Gasteiger partial charge in [0.25, 0.3) is 21.8 Å². The number of rotatable bonds is 10. The van der Waals surface area contributed by atoms with Gasteiger partial charge in [0.05, 0.1) is 23.1 Å². The Morgan fingerprint density at radius 2 is 1.55 bits per heavy atom. The maximum atomic E-state index is 13.7. The number of nitrogens with two attached hydrogens (primary N) is 1. The molecule has 0 aliphatic heterocycles. The smallest absolute Gasteiger partial charge is 0.268 e. The number of nitrogens with zero attached hydrogens (tertiary/aromatic N) is 1. The van der Waals surface area contributed by atoms with Gasteiger partial charge in [0, 0.05) is 22.8 Å². The number of hydroxylamine groups is 1. The normalized spacial score (nSPS) is 12.1. The zero-order valence-corrected chi connectivity index (χ0v) is 23.7. The van der Waals surface area contributed by atoms with Gasteiger partial charge in [-0.05, 0) is 66.9 Å². The summed E-state index contributed by atoms with van der Waals surface area (Å²) in [5.74, 6) is -0.814. The van der Waals surface area contributed by atoms with Crippen molar-refractivity contribution in [2.45, 2.75) is 30.9 Å². The van der Waals surface area contributed by atoms with Crippen LogP contribution in [0.25, 0.3) is 10.9 Å². The second-order valence-corrected chi connectivity index (χ2v) is 11.7. The summed E-state index contributed by atoms with van der Waals surface area (Å²) in [4.78, 5) is 30.5. The Kier molecular flexibility index (Phi) is 8.48. The van der Waals surface area contributed by atoms with Gasteiger partial charge in [0.1, 0.15) is 0 Å². The second-order valence-electron chi connectivity index (χ2n) is 9.87. The van der Waals surface area contributed by atoms with Crippen LogP contribution in [0.4, 0.5) is 5.69 Å². The Morgan fingerprint density at radius 1 is 0.881 bits per heavy atom. The fourth-order valence-corrected chi connectivity index (χ4v) is 5.87. The number of anilines is 1. The van der Waals surface area contributed by atoms with E-state index in [0.717, 1.165) is 11.1 Å². The minimum Gasteiger partial charge on any atom is -0.322 e. The molecule has 0 spiro atoms. The topological polar surface area (TPSA) is 133 Å². The van der Waals surface area contributed by atoms with Gasteiger partial charge in [0.15, 0.2) is 0 Å². The number of amides is 2. The van der Waals surface area contributed by atoms with Gasteiger partial charge in [-0.2, -0.15) is 0 Å². The Morgan fingerprint density at radius 3 is 2.26 bits per heavy atom. The summed E-state index contributed by atoms with van der Waals surface area (Å²) in [5, 5.41) is 3.45. The second kappa shape index (κ2) is 12.4. The molecule has 1 atom stereocenters. The van der Waals surface area contributed by atoms with Crippen LogP contribution in [-0.4, -0.2) is 30.2 Å². The third-order valence-corrected chi connectivity index (χ3v) is 8.46. The van der Waals surface area contributed by atoms with E-state index in [2.05, 4.69) is 10.8 Å². The maximum absolute atomic E-state index is 13.7. The van der Waals surface area contributed by atoms with Gasteiger partial charge < -0.3 is 11.1 Å². The Balaban J connectivity index is 1.31. The number of aromatic nitrogens is 1. The Bertz CT molecular complexity index is 1820. The Hall–Kier alpha value is -4.77. The molecule has 42 heavy (non-hydrogen) atoms. The number of para-hydroxylation sites is 1. The van der Waals surface area contributed by atoms with Crippen molar-refractivity contribution in [3.8, 4) is 0 Å². The van der Waals surface area contributed by atoms with E-state index < -0.39 is 22.0 Å². The zero-order valence-electron chi connectivity index (χ0n) is 22.9. The van der Waals surface area contributed by atoms with Crippen molar-refractivity contribution >= 4 is 38.4 Å². The third kappa shape index (κ3) is 6.41. The number of hydrogen-bond acceptors (Lipinski definition) is 6. The fraction of sp³-hybridized carbons (Fsp3) is 0.125. The van der Waals surface area contributed by atoms with Crippen LogP contribution in [0.5, 0.6) is 0 Å². The highest BCUT2D eigenvalue weighted by Gasteiger charge is 2.24. The van der Waals surface area contributed by atoms with E-state index in [-0.39, 0.29) is 23.8 Å². The van der Waals surface area contributed by atoms with E-state index in [9.17, 15) is 18.0 Å². The predicted octanol–water partition coefficient (Wildman–Crippen LogP) is 4.56. The standard InChI is InChI=1S/C32H30N4O5S/c1-22-11-13-24(14-12-22)31(37)34-26-15-17-27(18-16-26)42(39,40)36-20-25(28-9-5-6-10-30(28)36)19-29(33)32(38)35-41-21-23-7-3-2-4-8-23/h2-18,20,29H,19,21,33H2,1H3,(H,34,37)(H,35,38)/t29-/m1/s1. The molecule has 5 aromatic rings. The molecule has 0 saturated heterocycles. The summed E-state index contributed by atoms with van der Waals surface area (Å²) in [7, 11) is -4.01. The molecule has 0 radical (unpaired) electrons. The van der Waals surface area contributed by atoms with Gasteiger partial charge in [-0.3, -0.25) is 14.4 Å². The molecule has 0 bridgehead atoms. The van der Waals surface area contributed by atoms with Crippen LogP contribution in [0.15, 0.2) is 114 Å². The van der Waals surface area contributed by atoms with Crippen LogP contribution < -0.4 is 16.5 Å². The predicted molar refractivity (Wildman–Crippen MR) is 161 cm³/mol. The molecule has 0 unspecified atom stereocenters. The van der Waals surface area contributed by atoms with Gasteiger partial charge in [-0.25, -0.2) is 17.9 Å². The molecule has 2 amide bonds. The minimum absolute atomic E-state index is 0.0412. The largest absolute Gasteiger partial charge is 0.322 e. The van der Waals surface area contributed by atoms with Crippen molar-refractivity contribution < 1.29 is 22.8 Å². The van der Waals surface area contributed by atoms with Gasteiger partial charge in [-0.15, -0.1) is 0 Å². The van der Waals surface area contributed by atoms with Crippen molar-refractivity contribution in [3.05, 3.63) is 132 Å². The highest BCUT2D eigenvalue weighted by atomic mass is 32.2. The summed E-state index contributed by atoms with van der Waals surface area (Å²) < 4.78 is 28.6. The molecule has 10 heteroatoms. The van der Waals surface area contributed by atoms with Crippen molar-refractivity contribution in [1.29, 1.82) is 0 Å². The first-order valence-electron chi connectivity index (χ1n) is 13.3. The summed E-state index contributed by atoms with van der Waals surface area (Å²) in [6.45, 7) is 2.12. The molecular weight excluding hydrogens is 552 g/mol. The van der Waals surface area contributed by atoms with E-state index in [4.69, 9.17) is 10.6 Å². The number of hydrogen-bond donors (Lipinski definition) is 3. The number of aryl methyl sites for hydroxylation is 1. The quantitative estimate of drug-likeness (QED) is 0.207. The number of fused-ring (bicyclic) bond motifs is 1. The molecule has 4 aromatic carbocycles. The van der Waals surface area contributed by atoms with Gasteiger partial charge in [0.2, 0.25) is 0 Å². The lowest BCUT2D eigenvalue weighted by atomic mass is 10.1. The van der Waals surface area contributed by atoms with E-state index in [1.54, 1.807) is 48.5 Å². The Labute approximate surface area is 243 Å². The summed E-state index contributed by atoms with van der Waals surface area (Å²) >= 11 is 0. The summed E-state index contributed by atoms with van der Waals surface area (Å²) in [6, 6.07) is 28.5. The third-order valence-electron chi connectivity index (χ3n) is 6.77. The molecule has 1 heterocycles. The van der Waals surface area contributed by atoms with Crippen LogP contribution in [0, 0.1) is 6.92 Å². The molecule has 1 aromatic heterocycles. The van der Waals surface area contributed by atoms with E-state index >= 15 is 0 Å². The van der Waals surface area contributed by atoms with E-state index in [1.807, 2.05) is 49.4 Å². The fourth-order valence-electron chi connectivity index (χ4n) is 4.48. The zero-order chi connectivity index (χ0) is 29.7. The molecule has 214 valence electrons. The van der Waals surface area contributed by atoms with Crippen LogP contribution in [-0.2, 0) is 32.7 Å². The first-order chi connectivity index (χ1) is 20.2. The lowest BCUT2D eigenvalue weighted by molar-refractivity contribution is -0.135. The average molecular weight is 583 g/mol. The molecule has 0 aliphatic carbocycles. The number of nitrogens with one attached hydrogen (secondary N) is 2. The van der Waals surface area contributed by atoms with Crippen LogP contribution in [0.2, 0.25) is 0 Å². The van der Waals surface area contributed by atoms with Crippen molar-refractivity contribution in [2.24, 2.45) is 5.73 Å². The van der Waals surface area contributed by atoms with Gasteiger partial charge >= 0.3 is 0 Å². The average Bonchev–Trinajstić information content (AvgIpc) is 3.37. The monoisotopic (exact) mass is 582 g/mol. The van der Waals surface area contributed by atoms with Gasteiger partial charge in [-0.1, -0.05) is 66.2 Å². The number of carbonyl (C=O) groups is 2. The van der Waals surface area contributed by atoms with Crippen LogP contribution in [0.3, 0.4) is 0 Å². The molecule has 9 nitrogen and oxygen atoms in total. The SMILES string of the molecule is Cc1ccc(C(=O)Nc2ccc(S(=O)(=O)n3cc(C[C@@H](N)C(=O)NOCc4ccccc4)c4ccccc43)cc2)cc1. The van der Waals surface area contributed by atoms with E-state index in [0.29, 0.717) is 27.7 Å². The summed E-state index contributed by atoms with van der Waals surface area (Å²) in [5.41, 5.74) is 12.5. The van der Waals surface area contributed by atoms with Crippen molar-refractivity contribution in [1.82, 2.24) is 9.45 Å². The maximum Gasteiger partial charge on any atom is 0.268 e. The van der Waals surface area contributed by atoms with Crippen molar-refractivity contribution in [2.75, 3.05) is 5.32 Å². The number of benzene rings is 4. The van der Waals surface area contributed by atoms with E-state index in [1.165, 1.54) is 22.3 Å². The first kappa shape index (κ1) is 28.7. The molecule has 0 saturated carbocycles. The highest BCUT2D eigenvalue weighted by Crippen LogP contribution is 2.27. The minimum atomic E-state index is -4.01. The number of carbonyl (C=O) groups excluding carboxylic acids is 2. The molecular formula is C32H30N4O5S. The molecule has 0 aliphatic rings. The van der Waals surface area contributed by atoms with Crippen LogP contribution >= 0.6 is 0 Å². The molecule has 0 fully saturated rings. The highest BCUT2D eigenvalue weighted by molar-refractivity contribution is 7.90.